The minimum atomic E-state index is -0.360. The molecule has 0 spiro atoms. The monoisotopic (exact) mass is 301 g/mol. The van der Waals surface area contributed by atoms with Crippen LogP contribution in [0.3, 0.4) is 0 Å². The lowest BCUT2D eigenvalue weighted by molar-refractivity contribution is 0.0520. The Balaban J connectivity index is 2.51. The predicted molar refractivity (Wildman–Crippen MR) is 67.0 cm³/mol. The average molecular weight is 303 g/mol. The number of hydrogen-bond donors (Lipinski definition) is 1. The van der Waals surface area contributed by atoms with Gasteiger partial charge in [-0.3, -0.25) is 0 Å². The Kier molecular flexibility index (Phi) is 3.21. The Morgan fingerprint density at radius 1 is 1.50 bits per heavy atom. The van der Waals surface area contributed by atoms with Gasteiger partial charge in [-0.1, -0.05) is 11.6 Å². The Bertz CT molecular complexity index is 550. The van der Waals surface area contributed by atoms with Gasteiger partial charge in [0.2, 0.25) is 0 Å². The van der Waals surface area contributed by atoms with Crippen LogP contribution >= 0.6 is 27.5 Å². The summed E-state index contributed by atoms with van der Waals surface area (Å²) in [5.74, 6) is -0.360. The van der Waals surface area contributed by atoms with Gasteiger partial charge >= 0.3 is 5.97 Å². The van der Waals surface area contributed by atoms with E-state index >= 15 is 0 Å². The first-order chi connectivity index (χ1) is 7.61. The number of fused-ring (bicyclic) bond motifs is 1. The zero-order valence-electron chi connectivity index (χ0n) is 8.51. The van der Waals surface area contributed by atoms with E-state index in [9.17, 15) is 4.79 Å². The molecule has 0 fully saturated rings. The summed E-state index contributed by atoms with van der Waals surface area (Å²) in [4.78, 5) is 14.5. The number of carbonyl (C=O) groups excluding carboxylic acids is 1. The standard InChI is InChI=1S/C11H9BrClNO2/c1-2-16-11(15)9-4-6-3-7(13)5-8(12)10(6)14-9/h3-5,14H,2H2,1H3. The number of aromatic nitrogens is 1. The molecule has 0 unspecified atom stereocenters. The lowest BCUT2D eigenvalue weighted by atomic mass is 10.2. The predicted octanol–water partition coefficient (Wildman–Crippen LogP) is 3.76. The number of H-pyrrole nitrogens is 1. The average Bonchev–Trinajstić information content (AvgIpc) is 2.62. The molecule has 5 heteroatoms. The molecule has 0 radical (unpaired) electrons. The fourth-order valence-electron chi connectivity index (χ4n) is 1.48. The molecule has 0 bridgehead atoms. The second-order valence-electron chi connectivity index (χ2n) is 3.26. The van der Waals surface area contributed by atoms with E-state index in [1.54, 1.807) is 25.1 Å². The zero-order chi connectivity index (χ0) is 11.7. The number of benzene rings is 1. The van der Waals surface area contributed by atoms with Gasteiger partial charge in [-0.25, -0.2) is 4.79 Å². The molecule has 1 heterocycles. The summed E-state index contributed by atoms with van der Waals surface area (Å²) in [6, 6.07) is 5.29. The van der Waals surface area contributed by atoms with E-state index in [0.717, 1.165) is 15.4 Å². The van der Waals surface area contributed by atoms with Gasteiger partial charge in [-0.2, -0.15) is 0 Å². The first-order valence-electron chi connectivity index (χ1n) is 4.76. The molecule has 1 N–H and O–H groups in total. The summed E-state index contributed by atoms with van der Waals surface area (Å²) in [6.45, 7) is 2.13. The maximum atomic E-state index is 11.5. The van der Waals surface area contributed by atoms with Crippen LogP contribution in [0.5, 0.6) is 0 Å². The molecule has 0 saturated carbocycles. The van der Waals surface area contributed by atoms with Gasteiger partial charge in [0.1, 0.15) is 5.69 Å². The van der Waals surface area contributed by atoms with Crippen LogP contribution in [-0.4, -0.2) is 17.6 Å². The summed E-state index contributed by atoms with van der Waals surface area (Å²) in [5, 5.41) is 1.50. The van der Waals surface area contributed by atoms with E-state index in [0.29, 0.717) is 17.3 Å². The maximum absolute atomic E-state index is 11.5. The normalized spacial score (nSPS) is 10.7. The van der Waals surface area contributed by atoms with Crippen molar-refractivity contribution >= 4 is 44.4 Å². The van der Waals surface area contributed by atoms with Crippen LogP contribution in [0.1, 0.15) is 17.4 Å². The molecule has 0 aliphatic rings. The van der Waals surface area contributed by atoms with Crippen LogP contribution in [0.15, 0.2) is 22.7 Å². The molecule has 3 nitrogen and oxygen atoms in total. The van der Waals surface area contributed by atoms with Gasteiger partial charge in [0.25, 0.3) is 0 Å². The quantitative estimate of drug-likeness (QED) is 0.858. The molecular formula is C11H9BrClNO2. The van der Waals surface area contributed by atoms with Crippen molar-refractivity contribution in [2.45, 2.75) is 6.92 Å². The summed E-state index contributed by atoms with van der Waals surface area (Å²) in [5.41, 5.74) is 1.27. The minimum Gasteiger partial charge on any atom is -0.461 e. The largest absolute Gasteiger partial charge is 0.461 e. The lowest BCUT2D eigenvalue weighted by Gasteiger charge is -1.97. The van der Waals surface area contributed by atoms with Crippen LogP contribution in [0, 0.1) is 0 Å². The molecular weight excluding hydrogens is 293 g/mol. The molecule has 0 aliphatic heterocycles. The second kappa shape index (κ2) is 4.47. The second-order valence-corrected chi connectivity index (χ2v) is 4.55. The topological polar surface area (TPSA) is 42.1 Å². The van der Waals surface area contributed by atoms with Gasteiger partial charge < -0.3 is 9.72 Å². The summed E-state index contributed by atoms with van der Waals surface area (Å²) in [7, 11) is 0. The number of nitrogens with one attached hydrogen (secondary N) is 1. The first-order valence-corrected chi connectivity index (χ1v) is 5.94. The van der Waals surface area contributed by atoms with Crippen LogP contribution < -0.4 is 0 Å². The van der Waals surface area contributed by atoms with Gasteiger partial charge in [0, 0.05) is 14.9 Å². The zero-order valence-corrected chi connectivity index (χ0v) is 10.9. The van der Waals surface area contributed by atoms with E-state index in [1.807, 2.05) is 0 Å². The number of ether oxygens (including phenoxy) is 1. The maximum Gasteiger partial charge on any atom is 0.354 e. The molecule has 0 saturated heterocycles. The Hall–Kier alpha value is -1.00. The van der Waals surface area contributed by atoms with E-state index in [-0.39, 0.29) is 5.97 Å². The van der Waals surface area contributed by atoms with Gasteiger partial charge in [0.05, 0.1) is 12.1 Å². The van der Waals surface area contributed by atoms with Crippen molar-refractivity contribution in [1.29, 1.82) is 0 Å². The van der Waals surface area contributed by atoms with Gasteiger partial charge in [-0.15, -0.1) is 0 Å². The highest BCUT2D eigenvalue weighted by atomic mass is 79.9. The smallest absolute Gasteiger partial charge is 0.354 e. The Labute approximate surface area is 106 Å². The number of esters is 1. The fourth-order valence-corrected chi connectivity index (χ4v) is 2.42. The molecule has 2 aromatic rings. The number of rotatable bonds is 2. The number of carbonyl (C=O) groups is 1. The molecule has 0 amide bonds. The summed E-state index contributed by atoms with van der Waals surface area (Å²) >= 11 is 9.30. The van der Waals surface area contributed by atoms with E-state index in [4.69, 9.17) is 16.3 Å². The molecule has 0 atom stereocenters. The first kappa shape index (κ1) is 11.5. The fraction of sp³-hybridized carbons (Fsp3) is 0.182. The minimum absolute atomic E-state index is 0.357. The third kappa shape index (κ3) is 2.08. The van der Waals surface area contributed by atoms with E-state index in [2.05, 4.69) is 20.9 Å². The molecule has 2 rings (SSSR count). The highest BCUT2D eigenvalue weighted by Gasteiger charge is 2.12. The van der Waals surface area contributed by atoms with Crippen molar-refractivity contribution < 1.29 is 9.53 Å². The number of halogens is 2. The highest BCUT2D eigenvalue weighted by Crippen LogP contribution is 2.28. The van der Waals surface area contributed by atoms with Crippen molar-refractivity contribution in [3.05, 3.63) is 33.4 Å². The van der Waals surface area contributed by atoms with Crippen molar-refractivity contribution in [2.75, 3.05) is 6.61 Å². The highest BCUT2D eigenvalue weighted by molar-refractivity contribution is 9.10. The summed E-state index contributed by atoms with van der Waals surface area (Å²) < 4.78 is 5.73. The Morgan fingerprint density at radius 2 is 2.25 bits per heavy atom. The van der Waals surface area contributed by atoms with Crippen LogP contribution in [-0.2, 0) is 4.74 Å². The van der Waals surface area contributed by atoms with E-state index < -0.39 is 0 Å². The number of aromatic amines is 1. The van der Waals surface area contributed by atoms with Crippen LogP contribution in [0.25, 0.3) is 10.9 Å². The molecule has 1 aromatic carbocycles. The van der Waals surface area contributed by atoms with Gasteiger partial charge in [-0.05, 0) is 41.1 Å². The van der Waals surface area contributed by atoms with Crippen molar-refractivity contribution in [2.24, 2.45) is 0 Å². The van der Waals surface area contributed by atoms with Crippen LogP contribution in [0.2, 0.25) is 5.02 Å². The Morgan fingerprint density at radius 3 is 2.94 bits per heavy atom. The molecule has 16 heavy (non-hydrogen) atoms. The SMILES string of the molecule is CCOC(=O)c1cc2cc(Cl)cc(Br)c2[nH]1. The third-order valence-corrected chi connectivity index (χ3v) is 2.98. The van der Waals surface area contributed by atoms with Crippen molar-refractivity contribution in [3.8, 4) is 0 Å². The third-order valence-electron chi connectivity index (χ3n) is 2.14. The summed E-state index contributed by atoms with van der Waals surface area (Å²) in [6.07, 6.45) is 0. The van der Waals surface area contributed by atoms with Crippen LogP contribution in [0.4, 0.5) is 0 Å². The lowest BCUT2D eigenvalue weighted by Crippen LogP contribution is -2.04. The molecule has 84 valence electrons. The van der Waals surface area contributed by atoms with Crippen molar-refractivity contribution in [1.82, 2.24) is 4.98 Å². The van der Waals surface area contributed by atoms with E-state index in [1.165, 1.54) is 0 Å². The number of hydrogen-bond acceptors (Lipinski definition) is 2. The van der Waals surface area contributed by atoms with Crippen molar-refractivity contribution in [3.63, 3.8) is 0 Å². The van der Waals surface area contributed by atoms with Gasteiger partial charge in [0.15, 0.2) is 0 Å². The molecule has 1 aromatic heterocycles. The molecule has 0 aliphatic carbocycles.